The maximum Gasteiger partial charge on any atom is 0.178 e. The molecule has 0 spiro atoms. The van der Waals surface area contributed by atoms with Crippen LogP contribution in [0.1, 0.15) is 31.4 Å². The molecule has 1 aromatic heterocycles. The molecule has 1 aromatic carbocycles. The Morgan fingerprint density at radius 1 is 1.13 bits per heavy atom. The zero-order chi connectivity index (χ0) is 16.4. The van der Waals surface area contributed by atoms with Crippen molar-refractivity contribution in [3.8, 4) is 0 Å². The second kappa shape index (κ2) is 6.35. The van der Waals surface area contributed by atoms with Gasteiger partial charge in [-0.3, -0.25) is 4.68 Å². The molecule has 0 saturated carbocycles. The van der Waals surface area contributed by atoms with Crippen molar-refractivity contribution in [2.75, 3.05) is 23.7 Å². The smallest absolute Gasteiger partial charge is 0.178 e. The number of benzene rings is 1. The van der Waals surface area contributed by atoms with E-state index < -0.39 is 9.84 Å². The summed E-state index contributed by atoms with van der Waals surface area (Å²) >= 11 is 0. The van der Waals surface area contributed by atoms with Crippen molar-refractivity contribution < 1.29 is 8.42 Å². The summed E-state index contributed by atoms with van der Waals surface area (Å²) in [7, 11) is -1.12. The Balaban J connectivity index is 1.67. The first-order chi connectivity index (χ1) is 11.0. The minimum absolute atomic E-state index is 0.141. The summed E-state index contributed by atoms with van der Waals surface area (Å²) in [5, 5.41) is 4.26. The molecule has 2 heterocycles. The number of sulfone groups is 1. The predicted molar refractivity (Wildman–Crippen MR) is 91.6 cm³/mol. The molecule has 0 atom stereocenters. The standard InChI is InChI=1S/C17H23N3O2S/c1-3-23(21,22)16-6-4-15(5-7-16)20-12-9-14(10-13-20)17-8-11-18-19(17)2/h4-8,11,14H,3,9-10,12-13H2,1-2H3. The minimum Gasteiger partial charge on any atom is -0.371 e. The molecule has 3 rings (SSSR count). The summed E-state index contributed by atoms with van der Waals surface area (Å²) in [5.41, 5.74) is 2.40. The molecule has 1 saturated heterocycles. The third-order valence-electron chi connectivity index (χ3n) is 4.71. The fraction of sp³-hybridized carbons (Fsp3) is 0.471. The fourth-order valence-corrected chi connectivity index (χ4v) is 4.13. The summed E-state index contributed by atoms with van der Waals surface area (Å²) in [6.07, 6.45) is 4.04. The predicted octanol–water partition coefficient (Wildman–Crippen LogP) is 2.60. The van der Waals surface area contributed by atoms with E-state index >= 15 is 0 Å². The van der Waals surface area contributed by atoms with E-state index in [-0.39, 0.29) is 5.75 Å². The van der Waals surface area contributed by atoms with Crippen molar-refractivity contribution in [2.24, 2.45) is 7.05 Å². The van der Waals surface area contributed by atoms with Gasteiger partial charge in [-0.25, -0.2) is 8.42 Å². The van der Waals surface area contributed by atoms with Gasteiger partial charge in [0.15, 0.2) is 9.84 Å². The van der Waals surface area contributed by atoms with E-state index in [1.807, 2.05) is 30.1 Å². The van der Waals surface area contributed by atoms with Crippen LogP contribution in [0.25, 0.3) is 0 Å². The van der Waals surface area contributed by atoms with Gasteiger partial charge >= 0.3 is 0 Å². The molecule has 0 amide bonds. The molecule has 6 heteroatoms. The highest BCUT2D eigenvalue weighted by molar-refractivity contribution is 7.91. The van der Waals surface area contributed by atoms with Gasteiger partial charge in [0.05, 0.1) is 10.6 Å². The minimum atomic E-state index is -3.12. The van der Waals surface area contributed by atoms with Gasteiger partial charge in [0.25, 0.3) is 0 Å². The molecule has 2 aromatic rings. The van der Waals surface area contributed by atoms with Crippen LogP contribution in [0.3, 0.4) is 0 Å². The van der Waals surface area contributed by atoms with Gasteiger partial charge in [-0.15, -0.1) is 0 Å². The average Bonchev–Trinajstić information content (AvgIpc) is 3.01. The lowest BCUT2D eigenvalue weighted by atomic mass is 9.93. The number of anilines is 1. The average molecular weight is 333 g/mol. The van der Waals surface area contributed by atoms with Crippen LogP contribution < -0.4 is 4.90 Å². The molecule has 1 aliphatic rings. The van der Waals surface area contributed by atoms with E-state index in [9.17, 15) is 8.42 Å². The second-order valence-electron chi connectivity index (χ2n) is 6.04. The number of nitrogens with zero attached hydrogens (tertiary/aromatic N) is 3. The number of hydrogen-bond acceptors (Lipinski definition) is 4. The van der Waals surface area contributed by atoms with Gasteiger partial charge < -0.3 is 4.90 Å². The van der Waals surface area contributed by atoms with Crippen LogP contribution in [0.15, 0.2) is 41.4 Å². The first-order valence-corrected chi connectivity index (χ1v) is 9.72. The van der Waals surface area contributed by atoms with Gasteiger partial charge in [0.2, 0.25) is 0 Å². The Morgan fingerprint density at radius 3 is 2.30 bits per heavy atom. The molecule has 1 aliphatic heterocycles. The van der Waals surface area contributed by atoms with Crippen molar-refractivity contribution in [1.29, 1.82) is 0 Å². The van der Waals surface area contributed by atoms with Crippen molar-refractivity contribution in [3.05, 3.63) is 42.2 Å². The van der Waals surface area contributed by atoms with Gasteiger partial charge in [-0.2, -0.15) is 5.10 Å². The lowest BCUT2D eigenvalue weighted by molar-refractivity contribution is 0.477. The van der Waals surface area contributed by atoms with Gasteiger partial charge in [-0.1, -0.05) is 6.92 Å². The molecule has 124 valence electrons. The molecule has 0 N–H and O–H groups in total. The lowest BCUT2D eigenvalue weighted by Gasteiger charge is -2.33. The Morgan fingerprint density at radius 2 is 1.78 bits per heavy atom. The van der Waals surface area contributed by atoms with E-state index in [1.54, 1.807) is 19.1 Å². The number of aromatic nitrogens is 2. The van der Waals surface area contributed by atoms with Gasteiger partial charge in [0.1, 0.15) is 0 Å². The molecule has 0 unspecified atom stereocenters. The number of hydrogen-bond donors (Lipinski definition) is 0. The summed E-state index contributed by atoms with van der Waals surface area (Å²) in [6.45, 7) is 3.64. The first kappa shape index (κ1) is 16.1. The molecule has 5 nitrogen and oxygen atoms in total. The van der Waals surface area contributed by atoms with Crippen LogP contribution in [0, 0.1) is 0 Å². The topological polar surface area (TPSA) is 55.2 Å². The van der Waals surface area contributed by atoms with Crippen molar-refractivity contribution in [1.82, 2.24) is 9.78 Å². The first-order valence-electron chi connectivity index (χ1n) is 8.07. The highest BCUT2D eigenvalue weighted by Gasteiger charge is 2.23. The molecule has 23 heavy (non-hydrogen) atoms. The Bertz CT molecular complexity index is 757. The quantitative estimate of drug-likeness (QED) is 0.863. The van der Waals surface area contributed by atoms with Crippen LogP contribution in [0.5, 0.6) is 0 Å². The maximum atomic E-state index is 11.9. The molecule has 0 aliphatic carbocycles. The molecular weight excluding hydrogens is 310 g/mol. The molecule has 0 bridgehead atoms. The number of rotatable bonds is 4. The molecule has 1 fully saturated rings. The van der Waals surface area contributed by atoms with Gasteiger partial charge in [-0.05, 0) is 43.2 Å². The summed E-state index contributed by atoms with van der Waals surface area (Å²) in [6, 6.07) is 9.40. The highest BCUT2D eigenvalue weighted by Crippen LogP contribution is 2.30. The Labute approximate surface area is 137 Å². The van der Waals surface area contributed by atoms with E-state index in [4.69, 9.17) is 0 Å². The van der Waals surface area contributed by atoms with E-state index in [0.717, 1.165) is 31.6 Å². The van der Waals surface area contributed by atoms with Crippen LogP contribution in [-0.4, -0.2) is 37.0 Å². The normalized spacial score (nSPS) is 16.7. The molecule has 0 radical (unpaired) electrons. The summed E-state index contributed by atoms with van der Waals surface area (Å²) in [4.78, 5) is 2.74. The summed E-state index contributed by atoms with van der Waals surface area (Å²) < 4.78 is 25.7. The van der Waals surface area contributed by atoms with Crippen LogP contribution in [0.4, 0.5) is 5.69 Å². The Kier molecular flexibility index (Phi) is 4.43. The van der Waals surface area contributed by atoms with Gasteiger partial charge in [0, 0.05) is 43.6 Å². The zero-order valence-electron chi connectivity index (χ0n) is 13.6. The monoisotopic (exact) mass is 333 g/mol. The highest BCUT2D eigenvalue weighted by atomic mass is 32.2. The SMILES string of the molecule is CCS(=O)(=O)c1ccc(N2CCC(c3ccnn3C)CC2)cc1. The second-order valence-corrected chi connectivity index (χ2v) is 8.32. The van der Waals surface area contributed by atoms with E-state index in [1.165, 1.54) is 5.69 Å². The van der Waals surface area contributed by atoms with Crippen molar-refractivity contribution in [2.45, 2.75) is 30.6 Å². The van der Waals surface area contributed by atoms with E-state index in [2.05, 4.69) is 16.1 Å². The van der Waals surface area contributed by atoms with Crippen LogP contribution in [0.2, 0.25) is 0 Å². The maximum absolute atomic E-state index is 11.9. The fourth-order valence-electron chi connectivity index (χ4n) is 3.25. The van der Waals surface area contributed by atoms with Crippen molar-refractivity contribution >= 4 is 15.5 Å². The zero-order valence-corrected chi connectivity index (χ0v) is 14.5. The van der Waals surface area contributed by atoms with Crippen LogP contribution >= 0.6 is 0 Å². The third kappa shape index (κ3) is 3.27. The lowest BCUT2D eigenvalue weighted by Crippen LogP contribution is -2.33. The van der Waals surface area contributed by atoms with E-state index in [0.29, 0.717) is 10.8 Å². The van der Waals surface area contributed by atoms with Crippen LogP contribution in [-0.2, 0) is 16.9 Å². The van der Waals surface area contributed by atoms with Crippen molar-refractivity contribution in [3.63, 3.8) is 0 Å². The number of aryl methyl sites for hydroxylation is 1. The third-order valence-corrected chi connectivity index (χ3v) is 6.46. The molecular formula is C17H23N3O2S. The largest absolute Gasteiger partial charge is 0.371 e. The number of piperidine rings is 1. The summed E-state index contributed by atoms with van der Waals surface area (Å²) in [5.74, 6) is 0.695. The Hall–Kier alpha value is -1.82.